The van der Waals surface area contributed by atoms with E-state index in [9.17, 15) is 15.0 Å². The van der Waals surface area contributed by atoms with Crippen molar-refractivity contribution in [1.29, 1.82) is 0 Å². The molecular weight excluding hydrogens is 272 g/mol. The number of phenols is 1. The molecule has 2 rings (SSSR count). The Labute approximate surface area is 102 Å². The fourth-order valence-corrected chi connectivity index (χ4v) is 2.46. The van der Waals surface area contributed by atoms with Gasteiger partial charge >= 0.3 is 5.97 Å². The molecule has 0 aliphatic heterocycles. The van der Waals surface area contributed by atoms with Crippen LogP contribution in [0.15, 0.2) is 16.6 Å². The van der Waals surface area contributed by atoms with Crippen molar-refractivity contribution in [3.63, 3.8) is 0 Å². The minimum Gasteiger partial charge on any atom is -0.506 e. The number of aromatic hydroxyl groups is 1. The number of carbonyl (C=O) groups is 1. The number of aliphatic carboxylic acids is 1. The van der Waals surface area contributed by atoms with Crippen LogP contribution in [0, 0.1) is 0 Å². The second kappa shape index (κ2) is 3.77. The Kier molecular flexibility index (Phi) is 2.70. The monoisotopic (exact) mass is 284 g/mol. The molecule has 0 atom stereocenters. The van der Waals surface area contributed by atoms with Gasteiger partial charge in [-0.25, -0.2) is 0 Å². The van der Waals surface area contributed by atoms with Gasteiger partial charge in [0.2, 0.25) is 0 Å². The minimum absolute atomic E-state index is 0.0668. The minimum atomic E-state index is -0.849. The summed E-state index contributed by atoms with van der Waals surface area (Å²) >= 11 is 3.26. The topological polar surface area (TPSA) is 57.5 Å². The van der Waals surface area contributed by atoms with E-state index in [0.717, 1.165) is 12.0 Å². The SMILES string of the molecule is CCc1cc(Br)c(O)c(C2(C(=O)O)CC2)c1. The number of benzene rings is 1. The number of halogens is 1. The van der Waals surface area contributed by atoms with E-state index in [4.69, 9.17) is 0 Å². The zero-order valence-corrected chi connectivity index (χ0v) is 10.5. The molecule has 0 bridgehead atoms. The maximum atomic E-state index is 11.2. The third kappa shape index (κ3) is 1.61. The van der Waals surface area contributed by atoms with Crippen molar-refractivity contribution in [1.82, 2.24) is 0 Å². The second-order valence-electron chi connectivity index (χ2n) is 4.21. The molecule has 0 aromatic heterocycles. The Morgan fingerprint density at radius 3 is 2.56 bits per heavy atom. The summed E-state index contributed by atoms with van der Waals surface area (Å²) in [5.41, 5.74) is 0.732. The summed E-state index contributed by atoms with van der Waals surface area (Å²) in [6.07, 6.45) is 2.03. The molecule has 1 saturated carbocycles. The third-order valence-corrected chi connectivity index (χ3v) is 3.81. The van der Waals surface area contributed by atoms with E-state index in [1.807, 2.05) is 13.0 Å². The number of carboxylic acids is 1. The number of aryl methyl sites for hydroxylation is 1. The van der Waals surface area contributed by atoms with E-state index in [0.29, 0.717) is 22.9 Å². The summed E-state index contributed by atoms with van der Waals surface area (Å²) in [4.78, 5) is 11.2. The number of hydrogen-bond donors (Lipinski definition) is 2. The van der Waals surface area contributed by atoms with Gasteiger partial charge in [-0.3, -0.25) is 4.79 Å². The summed E-state index contributed by atoms with van der Waals surface area (Å²) in [7, 11) is 0. The Balaban J connectivity index is 2.56. The predicted molar refractivity (Wildman–Crippen MR) is 63.7 cm³/mol. The number of hydrogen-bond acceptors (Lipinski definition) is 2. The molecule has 3 nitrogen and oxygen atoms in total. The molecule has 0 unspecified atom stereocenters. The Morgan fingerprint density at radius 2 is 2.12 bits per heavy atom. The highest BCUT2D eigenvalue weighted by Gasteiger charge is 2.53. The molecule has 1 fully saturated rings. The van der Waals surface area contributed by atoms with E-state index in [1.165, 1.54) is 0 Å². The number of rotatable bonds is 3. The zero-order chi connectivity index (χ0) is 11.9. The van der Waals surface area contributed by atoms with E-state index in [1.54, 1.807) is 6.07 Å². The van der Waals surface area contributed by atoms with Gasteiger partial charge in [-0.2, -0.15) is 0 Å². The standard InChI is InChI=1S/C12H13BrO3/c1-2-7-5-8(10(14)9(13)6-7)12(3-4-12)11(15)16/h5-6,14H,2-4H2,1H3,(H,15,16). The predicted octanol–water partition coefficient (Wildman–Crippen LogP) is 2.83. The zero-order valence-electron chi connectivity index (χ0n) is 8.96. The van der Waals surface area contributed by atoms with Gasteiger partial charge in [0.1, 0.15) is 5.75 Å². The van der Waals surface area contributed by atoms with Crippen LogP contribution >= 0.6 is 15.9 Å². The highest BCUT2D eigenvalue weighted by atomic mass is 79.9. The van der Waals surface area contributed by atoms with Gasteiger partial charge in [0.25, 0.3) is 0 Å². The first-order valence-corrected chi connectivity index (χ1v) is 6.06. The van der Waals surface area contributed by atoms with E-state index in [-0.39, 0.29) is 5.75 Å². The fraction of sp³-hybridized carbons (Fsp3) is 0.417. The average Bonchev–Trinajstić information content (AvgIpc) is 3.02. The second-order valence-corrected chi connectivity index (χ2v) is 5.07. The number of phenolic OH excluding ortho intramolecular Hbond substituents is 1. The lowest BCUT2D eigenvalue weighted by Gasteiger charge is -2.15. The van der Waals surface area contributed by atoms with Crippen LogP contribution in [-0.4, -0.2) is 16.2 Å². The number of carboxylic acid groups (broad SMARTS) is 1. The van der Waals surface area contributed by atoms with Gasteiger partial charge in [-0.15, -0.1) is 0 Å². The van der Waals surface area contributed by atoms with Crippen molar-refractivity contribution in [2.24, 2.45) is 0 Å². The van der Waals surface area contributed by atoms with E-state index < -0.39 is 11.4 Å². The van der Waals surface area contributed by atoms with Crippen molar-refractivity contribution in [2.45, 2.75) is 31.6 Å². The molecule has 1 aliphatic carbocycles. The first-order chi connectivity index (χ1) is 7.51. The molecule has 0 spiro atoms. The van der Waals surface area contributed by atoms with Crippen LogP contribution in [-0.2, 0) is 16.6 Å². The van der Waals surface area contributed by atoms with Gasteiger partial charge < -0.3 is 10.2 Å². The van der Waals surface area contributed by atoms with Crippen molar-refractivity contribution in [3.8, 4) is 5.75 Å². The van der Waals surface area contributed by atoms with Crippen LogP contribution in [0.1, 0.15) is 30.9 Å². The Hall–Kier alpha value is -1.03. The third-order valence-electron chi connectivity index (χ3n) is 3.21. The van der Waals surface area contributed by atoms with Crippen molar-refractivity contribution >= 4 is 21.9 Å². The molecule has 0 amide bonds. The molecule has 4 heteroatoms. The molecule has 2 N–H and O–H groups in total. The summed E-state index contributed by atoms with van der Waals surface area (Å²) in [5.74, 6) is -0.778. The summed E-state index contributed by atoms with van der Waals surface area (Å²) in [5, 5.41) is 19.1. The molecule has 0 radical (unpaired) electrons. The van der Waals surface area contributed by atoms with Gasteiger partial charge in [0, 0.05) is 5.56 Å². The Morgan fingerprint density at radius 1 is 1.50 bits per heavy atom. The molecule has 1 aromatic rings. The maximum absolute atomic E-state index is 11.2. The highest BCUT2D eigenvalue weighted by Crippen LogP contribution is 2.52. The lowest BCUT2D eigenvalue weighted by atomic mass is 9.93. The fourth-order valence-electron chi connectivity index (χ4n) is 1.95. The lowest BCUT2D eigenvalue weighted by molar-refractivity contribution is -0.140. The smallest absolute Gasteiger partial charge is 0.314 e. The van der Waals surface area contributed by atoms with Gasteiger partial charge in [-0.1, -0.05) is 13.0 Å². The normalized spacial score (nSPS) is 17.1. The molecule has 86 valence electrons. The van der Waals surface area contributed by atoms with Gasteiger partial charge in [0.15, 0.2) is 0 Å². The van der Waals surface area contributed by atoms with E-state index >= 15 is 0 Å². The van der Waals surface area contributed by atoms with Crippen molar-refractivity contribution < 1.29 is 15.0 Å². The van der Waals surface area contributed by atoms with Crippen LogP contribution in [0.4, 0.5) is 0 Å². The summed E-state index contributed by atoms with van der Waals surface area (Å²) < 4.78 is 0.578. The molecule has 1 aromatic carbocycles. The van der Waals surface area contributed by atoms with Crippen LogP contribution in [0.2, 0.25) is 0 Å². The maximum Gasteiger partial charge on any atom is 0.314 e. The molecular formula is C12H13BrO3. The summed E-state index contributed by atoms with van der Waals surface area (Å²) in [6, 6.07) is 3.64. The van der Waals surface area contributed by atoms with Crippen LogP contribution in [0.3, 0.4) is 0 Å². The van der Waals surface area contributed by atoms with Gasteiger partial charge in [0.05, 0.1) is 9.89 Å². The molecule has 0 heterocycles. The largest absolute Gasteiger partial charge is 0.506 e. The summed E-state index contributed by atoms with van der Waals surface area (Å²) in [6.45, 7) is 2.00. The van der Waals surface area contributed by atoms with E-state index in [2.05, 4.69) is 15.9 Å². The van der Waals surface area contributed by atoms with Crippen LogP contribution in [0.25, 0.3) is 0 Å². The van der Waals surface area contributed by atoms with Crippen LogP contribution in [0.5, 0.6) is 5.75 Å². The average molecular weight is 285 g/mol. The quantitative estimate of drug-likeness (QED) is 0.897. The lowest BCUT2D eigenvalue weighted by Crippen LogP contribution is -2.20. The Bertz CT molecular complexity index is 450. The van der Waals surface area contributed by atoms with Gasteiger partial charge in [-0.05, 0) is 46.8 Å². The first kappa shape index (κ1) is 11.5. The highest BCUT2D eigenvalue weighted by molar-refractivity contribution is 9.10. The van der Waals surface area contributed by atoms with Crippen molar-refractivity contribution in [3.05, 3.63) is 27.7 Å². The first-order valence-electron chi connectivity index (χ1n) is 5.26. The van der Waals surface area contributed by atoms with Crippen molar-refractivity contribution in [2.75, 3.05) is 0 Å². The molecule has 1 aliphatic rings. The molecule has 0 saturated heterocycles. The molecule has 16 heavy (non-hydrogen) atoms. The van der Waals surface area contributed by atoms with Crippen LogP contribution < -0.4 is 0 Å².